The number of thioether (sulfide) groups is 1. The quantitative estimate of drug-likeness (QED) is 0.729. The van der Waals surface area contributed by atoms with Gasteiger partial charge in [0.1, 0.15) is 0 Å². The average Bonchev–Trinajstić information content (AvgIpc) is 2.46. The molecule has 0 unspecified atom stereocenters. The maximum Gasteiger partial charge on any atom is 0.261 e. The first kappa shape index (κ1) is 16.9. The SMILES string of the molecule is NC(=O)CSc1ccccc1NS(=O)(=O)c1cccc(Br)c1. The molecule has 0 aromatic heterocycles. The normalized spacial score (nSPS) is 11.1. The number of hydrogen-bond acceptors (Lipinski definition) is 4. The Bertz CT molecular complexity index is 794. The highest BCUT2D eigenvalue weighted by atomic mass is 79.9. The number of primary amides is 1. The number of rotatable bonds is 6. The molecular formula is C14H13BrN2O3S2. The van der Waals surface area contributed by atoms with Gasteiger partial charge in [0.2, 0.25) is 5.91 Å². The standard InChI is InChI=1S/C14H13BrN2O3S2/c15-10-4-3-5-11(8-10)22(19,20)17-12-6-1-2-7-13(12)21-9-14(16)18/h1-8,17H,9H2,(H2,16,18). The molecule has 2 aromatic rings. The zero-order valence-corrected chi connectivity index (χ0v) is 14.5. The predicted molar refractivity (Wildman–Crippen MR) is 91.3 cm³/mol. The average molecular weight is 401 g/mol. The number of halogens is 1. The number of sulfonamides is 1. The second-order valence-electron chi connectivity index (χ2n) is 4.31. The summed E-state index contributed by atoms with van der Waals surface area (Å²) in [6.45, 7) is 0. The van der Waals surface area contributed by atoms with Crippen molar-refractivity contribution in [3.05, 3.63) is 53.0 Å². The van der Waals surface area contributed by atoms with Crippen LogP contribution in [0, 0.1) is 0 Å². The van der Waals surface area contributed by atoms with Crippen molar-refractivity contribution in [2.45, 2.75) is 9.79 Å². The number of carbonyl (C=O) groups excluding carboxylic acids is 1. The van der Waals surface area contributed by atoms with Gasteiger partial charge in [-0.3, -0.25) is 9.52 Å². The molecule has 0 atom stereocenters. The molecule has 1 amide bonds. The first-order valence-electron chi connectivity index (χ1n) is 6.17. The largest absolute Gasteiger partial charge is 0.369 e. The van der Waals surface area contributed by atoms with Gasteiger partial charge in [0.15, 0.2) is 0 Å². The maximum atomic E-state index is 12.4. The van der Waals surface area contributed by atoms with Gasteiger partial charge in [-0.25, -0.2) is 8.42 Å². The van der Waals surface area contributed by atoms with Crippen LogP contribution in [0.15, 0.2) is 62.8 Å². The molecule has 0 saturated heterocycles. The van der Waals surface area contributed by atoms with E-state index in [0.717, 1.165) is 0 Å². The van der Waals surface area contributed by atoms with Gasteiger partial charge in [-0.1, -0.05) is 34.1 Å². The minimum absolute atomic E-state index is 0.0790. The van der Waals surface area contributed by atoms with Gasteiger partial charge in [-0.05, 0) is 30.3 Å². The molecule has 5 nitrogen and oxygen atoms in total. The van der Waals surface area contributed by atoms with Crippen LogP contribution in [0.2, 0.25) is 0 Å². The van der Waals surface area contributed by atoms with Crippen molar-refractivity contribution in [1.82, 2.24) is 0 Å². The van der Waals surface area contributed by atoms with Crippen molar-refractivity contribution in [1.29, 1.82) is 0 Å². The predicted octanol–water partition coefficient (Wildman–Crippen LogP) is 2.83. The minimum Gasteiger partial charge on any atom is -0.369 e. The molecule has 0 aliphatic rings. The summed E-state index contributed by atoms with van der Waals surface area (Å²) in [6.07, 6.45) is 0. The Morgan fingerprint density at radius 1 is 1.18 bits per heavy atom. The highest BCUT2D eigenvalue weighted by Gasteiger charge is 2.16. The third-order valence-electron chi connectivity index (χ3n) is 2.61. The van der Waals surface area contributed by atoms with Crippen molar-refractivity contribution in [2.24, 2.45) is 5.73 Å². The summed E-state index contributed by atoms with van der Waals surface area (Å²) < 4.78 is 28.0. The van der Waals surface area contributed by atoms with Crippen LogP contribution in [0.25, 0.3) is 0 Å². The van der Waals surface area contributed by atoms with Crippen molar-refractivity contribution in [2.75, 3.05) is 10.5 Å². The second-order valence-corrected chi connectivity index (χ2v) is 7.93. The molecule has 0 bridgehead atoms. The molecule has 8 heteroatoms. The highest BCUT2D eigenvalue weighted by Crippen LogP contribution is 2.29. The monoisotopic (exact) mass is 400 g/mol. The molecule has 2 rings (SSSR count). The van der Waals surface area contributed by atoms with Gasteiger partial charge in [-0.2, -0.15) is 0 Å². The van der Waals surface area contributed by atoms with Crippen LogP contribution in [0.4, 0.5) is 5.69 Å². The number of benzene rings is 2. The minimum atomic E-state index is -3.71. The van der Waals surface area contributed by atoms with E-state index in [2.05, 4.69) is 20.7 Å². The number of hydrogen-bond donors (Lipinski definition) is 2. The van der Waals surface area contributed by atoms with Crippen molar-refractivity contribution >= 4 is 49.3 Å². The van der Waals surface area contributed by atoms with Gasteiger partial charge in [-0.15, -0.1) is 11.8 Å². The van der Waals surface area contributed by atoms with Crippen LogP contribution < -0.4 is 10.5 Å². The van der Waals surface area contributed by atoms with E-state index < -0.39 is 15.9 Å². The fraction of sp³-hybridized carbons (Fsp3) is 0.0714. The van der Waals surface area contributed by atoms with E-state index in [0.29, 0.717) is 15.1 Å². The molecule has 116 valence electrons. The molecule has 2 aromatic carbocycles. The second kappa shape index (κ2) is 7.17. The fourth-order valence-electron chi connectivity index (χ4n) is 1.66. The van der Waals surface area contributed by atoms with Gasteiger partial charge in [0, 0.05) is 9.37 Å². The number of amides is 1. The molecule has 0 aliphatic heterocycles. The summed E-state index contributed by atoms with van der Waals surface area (Å²) in [5.41, 5.74) is 5.53. The third-order valence-corrected chi connectivity index (χ3v) is 5.56. The van der Waals surface area contributed by atoms with Gasteiger partial charge in [0.05, 0.1) is 16.3 Å². The Labute approximate surface area is 141 Å². The number of carbonyl (C=O) groups is 1. The van der Waals surface area contributed by atoms with Gasteiger partial charge in [0.25, 0.3) is 10.0 Å². The molecule has 22 heavy (non-hydrogen) atoms. The fourth-order valence-corrected chi connectivity index (χ4v) is 4.15. The van der Waals surface area contributed by atoms with E-state index >= 15 is 0 Å². The van der Waals surface area contributed by atoms with Crippen LogP contribution in [0.3, 0.4) is 0 Å². The van der Waals surface area contributed by atoms with Crippen LogP contribution in [-0.2, 0) is 14.8 Å². The van der Waals surface area contributed by atoms with Crippen molar-refractivity contribution in [3.63, 3.8) is 0 Å². The lowest BCUT2D eigenvalue weighted by Crippen LogP contribution is -2.15. The molecular weight excluding hydrogens is 388 g/mol. The van der Waals surface area contributed by atoms with Crippen LogP contribution in [-0.4, -0.2) is 20.1 Å². The highest BCUT2D eigenvalue weighted by molar-refractivity contribution is 9.10. The number of nitrogens with one attached hydrogen (secondary N) is 1. The Balaban J connectivity index is 2.28. The molecule has 0 spiro atoms. The topological polar surface area (TPSA) is 89.3 Å². The lowest BCUT2D eigenvalue weighted by molar-refractivity contribution is -0.115. The zero-order valence-electron chi connectivity index (χ0n) is 11.3. The van der Waals surface area contributed by atoms with E-state index in [9.17, 15) is 13.2 Å². The molecule has 0 heterocycles. The maximum absolute atomic E-state index is 12.4. The van der Waals surface area contributed by atoms with Crippen LogP contribution >= 0.6 is 27.7 Å². The smallest absolute Gasteiger partial charge is 0.261 e. The molecule has 0 radical (unpaired) electrons. The summed E-state index contributed by atoms with van der Waals surface area (Å²) in [5, 5.41) is 0. The summed E-state index contributed by atoms with van der Waals surface area (Å²) in [7, 11) is -3.71. The van der Waals surface area contributed by atoms with Gasteiger partial charge < -0.3 is 5.73 Å². The van der Waals surface area contributed by atoms with Crippen molar-refractivity contribution in [3.8, 4) is 0 Å². The number of nitrogens with two attached hydrogens (primary N) is 1. The summed E-state index contributed by atoms with van der Waals surface area (Å²) in [4.78, 5) is 11.7. The molecule has 0 saturated carbocycles. The zero-order chi connectivity index (χ0) is 16.2. The van der Waals surface area contributed by atoms with E-state index in [4.69, 9.17) is 5.73 Å². The Kier molecular flexibility index (Phi) is 5.49. The van der Waals surface area contributed by atoms with E-state index in [-0.39, 0.29) is 10.6 Å². The van der Waals surface area contributed by atoms with Gasteiger partial charge >= 0.3 is 0 Å². The Morgan fingerprint density at radius 2 is 1.91 bits per heavy atom. The van der Waals surface area contributed by atoms with Crippen LogP contribution in [0.5, 0.6) is 0 Å². The Morgan fingerprint density at radius 3 is 2.59 bits per heavy atom. The summed E-state index contributed by atoms with van der Waals surface area (Å²) in [6, 6.07) is 13.3. The molecule has 0 aliphatic carbocycles. The van der Waals surface area contributed by atoms with E-state index in [1.807, 2.05) is 0 Å². The summed E-state index contributed by atoms with van der Waals surface area (Å²) >= 11 is 4.43. The lowest BCUT2D eigenvalue weighted by Gasteiger charge is -2.12. The summed E-state index contributed by atoms with van der Waals surface area (Å²) in [5.74, 6) is -0.384. The van der Waals surface area contributed by atoms with Crippen molar-refractivity contribution < 1.29 is 13.2 Å². The first-order chi connectivity index (χ1) is 10.4. The van der Waals surface area contributed by atoms with E-state index in [1.165, 1.54) is 23.9 Å². The third kappa shape index (κ3) is 4.49. The first-order valence-corrected chi connectivity index (χ1v) is 9.43. The number of anilines is 1. The van der Waals surface area contributed by atoms with Crippen LogP contribution in [0.1, 0.15) is 0 Å². The molecule has 0 fully saturated rings. The molecule has 3 N–H and O–H groups in total. The Hall–Kier alpha value is -1.51. The lowest BCUT2D eigenvalue weighted by atomic mass is 10.3. The number of para-hydroxylation sites is 1. The van der Waals surface area contributed by atoms with E-state index in [1.54, 1.807) is 36.4 Å².